The van der Waals surface area contributed by atoms with Crippen molar-refractivity contribution < 1.29 is 18.9 Å². The molecule has 2 aromatic rings. The van der Waals surface area contributed by atoms with Crippen LogP contribution in [0.2, 0.25) is 0 Å². The van der Waals surface area contributed by atoms with Crippen LogP contribution in [0.5, 0.6) is 23.0 Å². The highest BCUT2D eigenvalue weighted by atomic mass is 16.7. The molecule has 1 atom stereocenters. The van der Waals surface area contributed by atoms with Crippen molar-refractivity contribution in [1.82, 2.24) is 0 Å². The molecule has 4 rings (SSSR count). The van der Waals surface area contributed by atoms with Crippen LogP contribution in [0.4, 0.5) is 0 Å². The number of nitrogens with zero attached hydrogens (tertiary/aromatic N) is 1. The summed E-state index contributed by atoms with van der Waals surface area (Å²) in [7, 11) is 0. The van der Waals surface area contributed by atoms with Gasteiger partial charge in [-0.05, 0) is 54.3 Å². The molecule has 0 N–H and O–H groups in total. The monoisotopic (exact) mass is 367 g/mol. The molecule has 27 heavy (non-hydrogen) atoms. The second kappa shape index (κ2) is 7.91. The molecule has 2 heterocycles. The third kappa shape index (κ3) is 3.72. The van der Waals surface area contributed by atoms with Crippen LogP contribution in [0.3, 0.4) is 0 Å². The number of hydrogen-bond acceptors (Lipinski definition) is 5. The van der Waals surface area contributed by atoms with Gasteiger partial charge in [0.1, 0.15) is 0 Å². The Morgan fingerprint density at radius 3 is 2.22 bits per heavy atom. The van der Waals surface area contributed by atoms with E-state index in [1.54, 1.807) is 0 Å². The van der Waals surface area contributed by atoms with E-state index in [1.165, 1.54) is 0 Å². The van der Waals surface area contributed by atoms with Crippen molar-refractivity contribution >= 4 is 5.71 Å². The van der Waals surface area contributed by atoms with E-state index in [9.17, 15) is 0 Å². The minimum absolute atomic E-state index is 0.0940. The van der Waals surface area contributed by atoms with E-state index in [0.717, 1.165) is 65.5 Å². The number of ether oxygens (including phenoxy) is 4. The van der Waals surface area contributed by atoms with Crippen LogP contribution in [0.1, 0.15) is 56.7 Å². The molecule has 0 bridgehead atoms. The second-order valence-corrected chi connectivity index (χ2v) is 6.81. The predicted molar refractivity (Wildman–Crippen MR) is 104 cm³/mol. The molecule has 0 amide bonds. The number of hydrogen-bond donors (Lipinski definition) is 0. The zero-order valence-corrected chi connectivity index (χ0v) is 15.9. The van der Waals surface area contributed by atoms with Crippen molar-refractivity contribution in [3.05, 3.63) is 47.5 Å². The zero-order valence-electron chi connectivity index (χ0n) is 15.9. The molecule has 0 aromatic heterocycles. The van der Waals surface area contributed by atoms with E-state index >= 15 is 0 Å². The lowest BCUT2D eigenvalue weighted by molar-refractivity contribution is 0.173. The molecule has 0 saturated heterocycles. The average molecular weight is 367 g/mol. The number of benzene rings is 2. The maximum Gasteiger partial charge on any atom is 0.231 e. The van der Waals surface area contributed by atoms with Gasteiger partial charge < -0.3 is 18.9 Å². The Kier molecular flexibility index (Phi) is 5.19. The lowest BCUT2D eigenvalue weighted by atomic mass is 10.00. The molecular formula is C22H25NO4. The summed E-state index contributed by atoms with van der Waals surface area (Å²) in [6.45, 7) is 4.95. The van der Waals surface area contributed by atoms with E-state index in [2.05, 4.69) is 32.0 Å². The van der Waals surface area contributed by atoms with Gasteiger partial charge in [0.15, 0.2) is 23.0 Å². The maximum absolute atomic E-state index is 5.55. The van der Waals surface area contributed by atoms with Crippen molar-refractivity contribution in [3.8, 4) is 23.0 Å². The molecule has 5 heteroatoms. The molecule has 0 saturated carbocycles. The van der Waals surface area contributed by atoms with Crippen molar-refractivity contribution in [1.29, 1.82) is 0 Å². The smallest absolute Gasteiger partial charge is 0.231 e. The fraction of sp³-hybridized carbons (Fsp3) is 0.409. The summed E-state index contributed by atoms with van der Waals surface area (Å²) in [4.78, 5) is 5.17. The lowest BCUT2D eigenvalue weighted by Gasteiger charge is -2.16. The normalized spacial score (nSPS) is 15.9. The molecule has 0 fully saturated rings. The molecule has 0 radical (unpaired) electrons. The summed E-state index contributed by atoms with van der Waals surface area (Å²) in [5, 5.41) is 0. The highest BCUT2D eigenvalue weighted by Gasteiger charge is 2.19. The van der Waals surface area contributed by atoms with Crippen molar-refractivity contribution in [2.45, 2.75) is 45.6 Å². The minimum Gasteiger partial charge on any atom is -0.454 e. The first kappa shape index (κ1) is 17.7. The van der Waals surface area contributed by atoms with Crippen molar-refractivity contribution in [3.63, 3.8) is 0 Å². The van der Waals surface area contributed by atoms with Crippen LogP contribution in [0, 0.1) is 0 Å². The average Bonchev–Trinajstić information content (AvgIpc) is 3.34. The first-order valence-corrected chi connectivity index (χ1v) is 9.64. The Morgan fingerprint density at radius 2 is 1.52 bits per heavy atom. The molecular weight excluding hydrogens is 342 g/mol. The predicted octanol–water partition coefficient (Wildman–Crippen LogP) is 5.27. The standard InChI is InChI=1S/C22H25NO4/c1-3-5-17(15-7-9-19-21(11-15)26-13-24-19)23-18(6-4-2)16-8-10-20-22(12-16)27-14-25-20/h7-12,17H,3-6,13-14H2,1-2H3/b23-18-. The first-order chi connectivity index (χ1) is 13.3. The minimum atomic E-state index is 0.0940. The Bertz CT molecular complexity index is 846. The summed E-state index contributed by atoms with van der Waals surface area (Å²) in [6, 6.07) is 12.3. The van der Waals surface area contributed by atoms with Gasteiger partial charge in [0.05, 0.1) is 6.04 Å². The van der Waals surface area contributed by atoms with E-state index < -0.39 is 0 Å². The van der Waals surface area contributed by atoms with E-state index in [1.807, 2.05) is 18.2 Å². The molecule has 0 spiro atoms. The van der Waals surface area contributed by atoms with E-state index in [0.29, 0.717) is 6.79 Å². The second-order valence-electron chi connectivity index (χ2n) is 6.81. The zero-order chi connectivity index (χ0) is 18.6. The van der Waals surface area contributed by atoms with Crippen molar-refractivity contribution in [2.24, 2.45) is 4.99 Å². The van der Waals surface area contributed by atoms with Crippen molar-refractivity contribution in [2.75, 3.05) is 13.6 Å². The van der Waals surface area contributed by atoms with Gasteiger partial charge in [0.2, 0.25) is 13.6 Å². The Labute approximate surface area is 159 Å². The first-order valence-electron chi connectivity index (χ1n) is 9.64. The molecule has 5 nitrogen and oxygen atoms in total. The Hall–Kier alpha value is -2.69. The topological polar surface area (TPSA) is 49.3 Å². The fourth-order valence-electron chi connectivity index (χ4n) is 3.48. The van der Waals surface area contributed by atoms with Crippen LogP contribution >= 0.6 is 0 Å². The van der Waals surface area contributed by atoms with Crippen LogP contribution in [-0.2, 0) is 0 Å². The summed E-state index contributed by atoms with van der Waals surface area (Å²) < 4.78 is 22.0. The Balaban J connectivity index is 1.68. The summed E-state index contributed by atoms with van der Waals surface area (Å²) in [5.41, 5.74) is 3.37. The highest BCUT2D eigenvalue weighted by Crippen LogP contribution is 2.37. The van der Waals surface area contributed by atoms with Crippen LogP contribution in [0.15, 0.2) is 41.4 Å². The maximum atomic E-state index is 5.55. The lowest BCUT2D eigenvalue weighted by Crippen LogP contribution is -2.06. The summed E-state index contributed by atoms with van der Waals surface area (Å²) in [6.07, 6.45) is 4.00. The highest BCUT2D eigenvalue weighted by molar-refractivity contribution is 6.01. The third-order valence-corrected chi connectivity index (χ3v) is 4.85. The molecule has 142 valence electrons. The fourth-order valence-corrected chi connectivity index (χ4v) is 3.48. The van der Waals surface area contributed by atoms with Gasteiger partial charge in [-0.1, -0.05) is 32.8 Å². The van der Waals surface area contributed by atoms with Crippen LogP contribution in [0.25, 0.3) is 0 Å². The van der Waals surface area contributed by atoms with Gasteiger partial charge in [-0.3, -0.25) is 4.99 Å². The number of aliphatic imine (C=N–C) groups is 1. The molecule has 2 aromatic carbocycles. The largest absolute Gasteiger partial charge is 0.454 e. The van der Waals surface area contributed by atoms with E-state index in [-0.39, 0.29) is 12.8 Å². The summed E-state index contributed by atoms with van der Waals surface area (Å²) in [5.74, 6) is 3.22. The number of fused-ring (bicyclic) bond motifs is 2. The molecule has 0 aliphatic carbocycles. The van der Waals surface area contributed by atoms with E-state index in [4.69, 9.17) is 23.9 Å². The third-order valence-electron chi connectivity index (χ3n) is 4.85. The van der Waals surface area contributed by atoms with Gasteiger partial charge in [0.25, 0.3) is 0 Å². The molecule has 2 aliphatic heterocycles. The van der Waals surface area contributed by atoms with Gasteiger partial charge >= 0.3 is 0 Å². The number of rotatable bonds is 7. The van der Waals surface area contributed by atoms with Crippen LogP contribution in [-0.4, -0.2) is 19.3 Å². The van der Waals surface area contributed by atoms with Gasteiger partial charge in [-0.2, -0.15) is 0 Å². The molecule has 1 unspecified atom stereocenters. The quantitative estimate of drug-likeness (QED) is 0.625. The van der Waals surface area contributed by atoms with Gasteiger partial charge in [0, 0.05) is 5.71 Å². The summed E-state index contributed by atoms with van der Waals surface area (Å²) >= 11 is 0. The van der Waals surface area contributed by atoms with Gasteiger partial charge in [-0.15, -0.1) is 0 Å². The Morgan fingerprint density at radius 1 is 0.852 bits per heavy atom. The SMILES string of the molecule is CCC/C(=N/C(CCC)c1ccc2c(c1)OCO2)c1ccc2c(c1)OCO2. The van der Waals surface area contributed by atoms with Crippen LogP contribution < -0.4 is 18.9 Å². The van der Waals surface area contributed by atoms with Gasteiger partial charge in [-0.25, -0.2) is 0 Å². The molecule has 2 aliphatic rings.